The zero-order valence-corrected chi connectivity index (χ0v) is 9.82. The summed E-state index contributed by atoms with van der Waals surface area (Å²) in [7, 11) is 0. The summed E-state index contributed by atoms with van der Waals surface area (Å²) >= 11 is 0. The number of hydrogen-bond acceptors (Lipinski definition) is 2. The predicted octanol–water partition coefficient (Wildman–Crippen LogP) is 2.99. The van der Waals surface area contributed by atoms with Crippen LogP contribution in [0.25, 0.3) is 0 Å². The Kier molecular flexibility index (Phi) is 3.81. The van der Waals surface area contributed by atoms with Crippen molar-refractivity contribution in [2.24, 2.45) is 17.8 Å². The van der Waals surface area contributed by atoms with Gasteiger partial charge in [-0.25, -0.2) is 0 Å². The zero-order valence-electron chi connectivity index (χ0n) is 9.82. The van der Waals surface area contributed by atoms with E-state index in [1.54, 1.807) is 0 Å². The lowest BCUT2D eigenvalue weighted by atomic mass is 9.69. The fourth-order valence-electron chi connectivity index (χ4n) is 2.91. The van der Waals surface area contributed by atoms with Crippen LogP contribution in [0.3, 0.4) is 0 Å². The molecule has 0 aromatic rings. The minimum absolute atomic E-state index is 0.0257. The maximum Gasteiger partial charge on any atom is 0.160 e. The number of rotatable bonds is 5. The van der Waals surface area contributed by atoms with Crippen molar-refractivity contribution in [1.82, 2.24) is 0 Å². The van der Waals surface area contributed by atoms with Crippen LogP contribution in [0.15, 0.2) is 12.2 Å². The average molecular weight is 210 g/mol. The summed E-state index contributed by atoms with van der Waals surface area (Å²) in [5.74, 6) is 2.06. The molecule has 0 N–H and O–H groups in total. The van der Waals surface area contributed by atoms with E-state index in [9.17, 15) is 0 Å². The van der Waals surface area contributed by atoms with Gasteiger partial charge in [0.25, 0.3) is 0 Å². The Morgan fingerprint density at radius 1 is 1.13 bits per heavy atom. The van der Waals surface area contributed by atoms with E-state index in [0.717, 1.165) is 19.1 Å². The maximum atomic E-state index is 5.72. The number of fused-ring (bicyclic) bond motifs is 2. The summed E-state index contributed by atoms with van der Waals surface area (Å²) in [4.78, 5) is 0. The summed E-state index contributed by atoms with van der Waals surface area (Å²) in [6.45, 7) is 5.59. The molecule has 2 heteroatoms. The molecule has 3 atom stereocenters. The topological polar surface area (TPSA) is 18.5 Å². The van der Waals surface area contributed by atoms with Crippen LogP contribution < -0.4 is 0 Å². The molecular weight excluding hydrogens is 188 g/mol. The van der Waals surface area contributed by atoms with Gasteiger partial charge in [0.15, 0.2) is 6.29 Å². The highest BCUT2D eigenvalue weighted by Gasteiger charge is 2.37. The lowest BCUT2D eigenvalue weighted by Gasteiger charge is -2.41. The lowest BCUT2D eigenvalue weighted by Crippen LogP contribution is -2.38. The van der Waals surface area contributed by atoms with Crippen molar-refractivity contribution in [2.75, 3.05) is 13.2 Å². The quantitative estimate of drug-likeness (QED) is 0.513. The molecule has 3 aliphatic carbocycles. The van der Waals surface area contributed by atoms with Gasteiger partial charge in [-0.1, -0.05) is 12.2 Å². The van der Waals surface area contributed by atoms with Gasteiger partial charge in [0, 0.05) is 19.1 Å². The van der Waals surface area contributed by atoms with Gasteiger partial charge in [0.05, 0.1) is 0 Å². The lowest BCUT2D eigenvalue weighted by molar-refractivity contribution is -0.183. The molecule has 0 aromatic carbocycles. The Balaban J connectivity index is 1.98. The van der Waals surface area contributed by atoms with Crippen LogP contribution in [-0.2, 0) is 9.47 Å². The normalized spacial score (nSPS) is 33.9. The van der Waals surface area contributed by atoms with Crippen molar-refractivity contribution < 1.29 is 9.47 Å². The largest absolute Gasteiger partial charge is 0.353 e. The highest BCUT2D eigenvalue weighted by atomic mass is 16.7. The fraction of sp³-hybridized carbons (Fsp3) is 0.846. The van der Waals surface area contributed by atoms with Crippen LogP contribution >= 0.6 is 0 Å². The second-order valence-electron chi connectivity index (χ2n) is 4.56. The Morgan fingerprint density at radius 2 is 1.87 bits per heavy atom. The molecule has 2 bridgehead atoms. The third-order valence-corrected chi connectivity index (χ3v) is 3.64. The van der Waals surface area contributed by atoms with Crippen LogP contribution in [0.1, 0.15) is 33.1 Å². The van der Waals surface area contributed by atoms with E-state index in [4.69, 9.17) is 9.47 Å². The third kappa shape index (κ3) is 2.43. The fourth-order valence-corrected chi connectivity index (χ4v) is 2.91. The molecule has 0 spiro atoms. The Labute approximate surface area is 92.6 Å². The van der Waals surface area contributed by atoms with Crippen molar-refractivity contribution in [2.45, 2.75) is 39.4 Å². The molecule has 3 rings (SSSR count). The van der Waals surface area contributed by atoms with Gasteiger partial charge in [0.2, 0.25) is 0 Å². The van der Waals surface area contributed by atoms with E-state index in [1.165, 1.54) is 19.3 Å². The molecule has 0 amide bonds. The van der Waals surface area contributed by atoms with Crippen molar-refractivity contribution >= 4 is 0 Å². The van der Waals surface area contributed by atoms with Gasteiger partial charge in [-0.3, -0.25) is 0 Å². The van der Waals surface area contributed by atoms with Crippen molar-refractivity contribution in [3.05, 3.63) is 12.2 Å². The second-order valence-corrected chi connectivity index (χ2v) is 4.56. The smallest absolute Gasteiger partial charge is 0.160 e. The molecule has 86 valence electrons. The van der Waals surface area contributed by atoms with E-state index >= 15 is 0 Å². The number of hydrogen-bond donors (Lipinski definition) is 0. The minimum atomic E-state index is 0.0257. The zero-order chi connectivity index (χ0) is 10.7. The Bertz CT molecular complexity index is 219. The maximum absolute atomic E-state index is 5.72. The first-order chi connectivity index (χ1) is 7.35. The van der Waals surface area contributed by atoms with Crippen LogP contribution in [-0.4, -0.2) is 19.5 Å². The van der Waals surface area contributed by atoms with Gasteiger partial charge >= 0.3 is 0 Å². The number of allylic oxidation sites excluding steroid dienone is 2. The van der Waals surface area contributed by atoms with E-state index < -0.39 is 0 Å². The first-order valence-electron chi connectivity index (χ1n) is 6.26. The van der Waals surface area contributed by atoms with Crippen LogP contribution in [0.2, 0.25) is 0 Å². The van der Waals surface area contributed by atoms with Crippen LogP contribution in [0.5, 0.6) is 0 Å². The summed E-state index contributed by atoms with van der Waals surface area (Å²) in [5.41, 5.74) is 0. The standard InChI is InChI=1S/C13H22O2/c1-3-14-13(15-4-2)12-9-10-5-7-11(12)8-6-10/h5,7,10-13H,3-4,6,8-9H2,1-2H3/t10-,11+,12-/m0/s1. The molecule has 0 heterocycles. The van der Waals surface area contributed by atoms with Gasteiger partial charge in [-0.05, 0) is 44.9 Å². The Hall–Kier alpha value is -0.340. The van der Waals surface area contributed by atoms with Crippen molar-refractivity contribution in [3.63, 3.8) is 0 Å². The molecule has 0 aromatic heterocycles. The number of ether oxygens (including phenoxy) is 2. The molecule has 2 nitrogen and oxygen atoms in total. The highest BCUT2D eigenvalue weighted by molar-refractivity contribution is 5.06. The van der Waals surface area contributed by atoms with Gasteiger partial charge in [-0.2, -0.15) is 0 Å². The molecule has 1 saturated carbocycles. The third-order valence-electron chi connectivity index (χ3n) is 3.64. The van der Waals surface area contributed by atoms with E-state index in [0.29, 0.717) is 11.8 Å². The highest BCUT2D eigenvalue weighted by Crippen LogP contribution is 2.42. The van der Waals surface area contributed by atoms with Gasteiger partial charge < -0.3 is 9.47 Å². The van der Waals surface area contributed by atoms with Crippen LogP contribution in [0.4, 0.5) is 0 Å². The van der Waals surface area contributed by atoms with Crippen LogP contribution in [0, 0.1) is 17.8 Å². The first kappa shape index (κ1) is 11.2. The monoisotopic (exact) mass is 210 g/mol. The molecule has 0 aliphatic heterocycles. The summed E-state index contributed by atoms with van der Waals surface area (Å²) in [6, 6.07) is 0. The molecule has 0 unspecified atom stereocenters. The van der Waals surface area contributed by atoms with Crippen molar-refractivity contribution in [3.8, 4) is 0 Å². The molecule has 0 radical (unpaired) electrons. The summed E-state index contributed by atoms with van der Waals surface area (Å²) < 4.78 is 11.4. The first-order valence-corrected chi connectivity index (χ1v) is 6.26. The molecule has 1 fully saturated rings. The minimum Gasteiger partial charge on any atom is -0.353 e. The Morgan fingerprint density at radius 3 is 2.27 bits per heavy atom. The average Bonchev–Trinajstić information content (AvgIpc) is 2.30. The predicted molar refractivity (Wildman–Crippen MR) is 60.5 cm³/mol. The summed E-state index contributed by atoms with van der Waals surface area (Å²) in [5, 5.41) is 0. The SMILES string of the molecule is CCOC(OCC)[C@H]1C[C@H]2C=C[C@@H]1CC2. The molecular formula is C13H22O2. The summed E-state index contributed by atoms with van der Waals surface area (Å²) in [6.07, 6.45) is 8.74. The molecule has 15 heavy (non-hydrogen) atoms. The molecule has 0 saturated heterocycles. The van der Waals surface area contributed by atoms with Gasteiger partial charge in [0.1, 0.15) is 0 Å². The van der Waals surface area contributed by atoms with E-state index in [-0.39, 0.29) is 6.29 Å². The van der Waals surface area contributed by atoms with E-state index in [1.807, 2.05) is 13.8 Å². The van der Waals surface area contributed by atoms with E-state index in [2.05, 4.69) is 12.2 Å². The van der Waals surface area contributed by atoms with Gasteiger partial charge in [-0.15, -0.1) is 0 Å². The second kappa shape index (κ2) is 5.13. The molecule has 3 aliphatic rings. The van der Waals surface area contributed by atoms with Crippen molar-refractivity contribution in [1.29, 1.82) is 0 Å².